The Labute approximate surface area is 138 Å². The van der Waals surface area contributed by atoms with Crippen LogP contribution in [-0.4, -0.2) is 12.7 Å². The molecule has 0 N–H and O–H groups in total. The summed E-state index contributed by atoms with van der Waals surface area (Å²) in [5.41, 5.74) is 3.44. The van der Waals surface area contributed by atoms with Crippen molar-refractivity contribution in [2.75, 3.05) is 6.61 Å². The van der Waals surface area contributed by atoms with Gasteiger partial charge in [0.2, 0.25) is 0 Å². The highest BCUT2D eigenvalue weighted by molar-refractivity contribution is 9.09. The number of aryl methyl sites for hydroxylation is 2. The Bertz CT molecular complexity index is 672. The highest BCUT2D eigenvalue weighted by Gasteiger charge is 2.29. The van der Waals surface area contributed by atoms with Crippen molar-refractivity contribution in [3.63, 3.8) is 0 Å². The lowest BCUT2D eigenvalue weighted by Crippen LogP contribution is -2.32. The van der Waals surface area contributed by atoms with Crippen LogP contribution in [0.1, 0.15) is 21.5 Å². The van der Waals surface area contributed by atoms with Crippen LogP contribution in [0.5, 0.6) is 11.5 Å². The van der Waals surface area contributed by atoms with E-state index in [9.17, 15) is 0 Å². The molecule has 1 aliphatic rings. The molecule has 0 spiro atoms. The van der Waals surface area contributed by atoms with E-state index in [1.807, 2.05) is 30.3 Å². The van der Waals surface area contributed by atoms with Gasteiger partial charge in [0, 0.05) is 5.02 Å². The Morgan fingerprint density at radius 1 is 1.14 bits per heavy atom. The number of alkyl halides is 1. The molecule has 0 saturated heterocycles. The van der Waals surface area contributed by atoms with Crippen molar-refractivity contribution in [3.05, 3.63) is 58.1 Å². The van der Waals surface area contributed by atoms with E-state index >= 15 is 0 Å². The lowest BCUT2D eigenvalue weighted by molar-refractivity contribution is 0.0905. The molecule has 0 aliphatic carbocycles. The van der Waals surface area contributed by atoms with E-state index < -0.39 is 0 Å². The molecule has 1 heterocycles. The number of para-hydroxylation sites is 2. The Kier molecular flexibility index (Phi) is 4.14. The van der Waals surface area contributed by atoms with Gasteiger partial charge in [0.15, 0.2) is 11.5 Å². The standard InChI is InChI=1S/C17H16BrClO2/c1-10-7-12(13(19)8-11(10)2)17(18)16-9-20-14-5-3-4-6-15(14)21-16/h3-8,16-17H,9H2,1-2H3. The van der Waals surface area contributed by atoms with E-state index in [1.54, 1.807) is 0 Å². The van der Waals surface area contributed by atoms with Crippen molar-refractivity contribution in [2.24, 2.45) is 0 Å². The zero-order valence-electron chi connectivity index (χ0n) is 11.9. The molecule has 2 aromatic rings. The fourth-order valence-corrected chi connectivity index (χ4v) is 3.50. The van der Waals surface area contributed by atoms with Crippen molar-refractivity contribution in [2.45, 2.75) is 24.8 Å². The first-order valence-electron chi connectivity index (χ1n) is 6.85. The minimum absolute atomic E-state index is 0.0161. The Balaban J connectivity index is 1.87. The first-order chi connectivity index (χ1) is 10.1. The van der Waals surface area contributed by atoms with Gasteiger partial charge in [-0.15, -0.1) is 0 Å². The van der Waals surface area contributed by atoms with Crippen molar-refractivity contribution in [1.82, 2.24) is 0 Å². The number of hydrogen-bond acceptors (Lipinski definition) is 2. The van der Waals surface area contributed by atoms with Gasteiger partial charge >= 0.3 is 0 Å². The second-order valence-electron chi connectivity index (χ2n) is 5.27. The number of fused-ring (bicyclic) bond motifs is 1. The number of hydrogen-bond donors (Lipinski definition) is 0. The minimum atomic E-state index is -0.112. The van der Waals surface area contributed by atoms with Gasteiger partial charge in [-0.3, -0.25) is 0 Å². The number of benzene rings is 2. The summed E-state index contributed by atoms with van der Waals surface area (Å²) in [6.45, 7) is 4.64. The van der Waals surface area contributed by atoms with Gasteiger partial charge < -0.3 is 9.47 Å². The normalized spacial score (nSPS) is 18.4. The second-order valence-corrected chi connectivity index (χ2v) is 6.67. The Morgan fingerprint density at radius 3 is 2.57 bits per heavy atom. The van der Waals surface area contributed by atoms with Gasteiger partial charge in [-0.25, -0.2) is 0 Å². The van der Waals surface area contributed by atoms with Gasteiger partial charge in [0.25, 0.3) is 0 Å². The van der Waals surface area contributed by atoms with E-state index in [-0.39, 0.29) is 10.9 Å². The summed E-state index contributed by atoms with van der Waals surface area (Å²) in [4.78, 5) is -0.0161. The van der Waals surface area contributed by atoms with E-state index in [1.165, 1.54) is 11.1 Å². The van der Waals surface area contributed by atoms with Crippen LogP contribution >= 0.6 is 27.5 Å². The van der Waals surface area contributed by atoms with E-state index in [0.717, 1.165) is 22.1 Å². The average molecular weight is 368 g/mol. The molecule has 4 heteroatoms. The molecule has 0 fully saturated rings. The summed E-state index contributed by atoms with van der Waals surface area (Å²) >= 11 is 10.1. The van der Waals surface area contributed by atoms with Crippen LogP contribution in [0.15, 0.2) is 36.4 Å². The summed E-state index contributed by atoms with van der Waals surface area (Å²) in [5, 5.41) is 0.752. The number of ether oxygens (including phenoxy) is 2. The quantitative estimate of drug-likeness (QED) is 0.676. The lowest BCUT2D eigenvalue weighted by atomic mass is 10.0. The fraction of sp³-hybridized carbons (Fsp3) is 0.294. The highest BCUT2D eigenvalue weighted by Crippen LogP contribution is 2.40. The molecule has 0 saturated carbocycles. The predicted octanol–water partition coefficient (Wildman–Crippen LogP) is 5.23. The first-order valence-corrected chi connectivity index (χ1v) is 8.15. The molecular formula is C17H16BrClO2. The molecule has 2 aromatic carbocycles. The van der Waals surface area contributed by atoms with Gasteiger partial charge in [-0.2, -0.15) is 0 Å². The van der Waals surface area contributed by atoms with Crippen molar-refractivity contribution in [3.8, 4) is 11.5 Å². The molecule has 3 rings (SSSR count). The summed E-state index contributed by atoms with van der Waals surface area (Å²) in [6, 6.07) is 11.8. The zero-order chi connectivity index (χ0) is 15.0. The van der Waals surface area contributed by atoms with Crippen molar-refractivity contribution in [1.29, 1.82) is 0 Å². The maximum absolute atomic E-state index is 6.39. The minimum Gasteiger partial charge on any atom is -0.486 e. The molecule has 2 unspecified atom stereocenters. The second kappa shape index (κ2) is 5.90. The van der Waals surface area contributed by atoms with Gasteiger partial charge in [-0.05, 0) is 48.7 Å². The van der Waals surface area contributed by atoms with Crippen LogP contribution < -0.4 is 9.47 Å². The molecule has 0 aromatic heterocycles. The topological polar surface area (TPSA) is 18.5 Å². The maximum Gasteiger partial charge on any atom is 0.161 e. The predicted molar refractivity (Wildman–Crippen MR) is 88.9 cm³/mol. The van der Waals surface area contributed by atoms with Crippen molar-refractivity contribution >= 4 is 27.5 Å². The third kappa shape index (κ3) is 2.90. The first kappa shape index (κ1) is 14.7. The Morgan fingerprint density at radius 2 is 1.81 bits per heavy atom. The molecule has 110 valence electrons. The average Bonchev–Trinajstić information content (AvgIpc) is 2.50. The third-order valence-electron chi connectivity index (χ3n) is 3.77. The largest absolute Gasteiger partial charge is 0.486 e. The van der Waals surface area contributed by atoms with Crippen LogP contribution in [-0.2, 0) is 0 Å². The van der Waals surface area contributed by atoms with Crippen LogP contribution in [0, 0.1) is 13.8 Å². The SMILES string of the molecule is Cc1cc(Cl)c(C(Br)C2COc3ccccc3O2)cc1C. The van der Waals surface area contributed by atoms with E-state index in [0.29, 0.717) is 6.61 Å². The highest BCUT2D eigenvalue weighted by atomic mass is 79.9. The Hall–Kier alpha value is -1.19. The maximum atomic E-state index is 6.39. The molecule has 0 amide bonds. The van der Waals surface area contributed by atoms with Crippen LogP contribution in [0.4, 0.5) is 0 Å². The van der Waals surface area contributed by atoms with Crippen LogP contribution in [0.2, 0.25) is 5.02 Å². The summed E-state index contributed by atoms with van der Waals surface area (Å²) < 4.78 is 11.8. The van der Waals surface area contributed by atoms with E-state index in [4.69, 9.17) is 21.1 Å². The molecule has 2 nitrogen and oxygen atoms in total. The van der Waals surface area contributed by atoms with Gasteiger partial charge in [-0.1, -0.05) is 45.7 Å². The van der Waals surface area contributed by atoms with Crippen LogP contribution in [0.3, 0.4) is 0 Å². The molecule has 1 aliphatic heterocycles. The fourth-order valence-electron chi connectivity index (χ4n) is 2.39. The molecule has 0 radical (unpaired) electrons. The molecule has 21 heavy (non-hydrogen) atoms. The van der Waals surface area contributed by atoms with Crippen LogP contribution in [0.25, 0.3) is 0 Å². The zero-order valence-corrected chi connectivity index (χ0v) is 14.2. The summed E-state index contributed by atoms with van der Waals surface area (Å²) in [6.07, 6.45) is -0.112. The van der Waals surface area contributed by atoms with Crippen molar-refractivity contribution < 1.29 is 9.47 Å². The molecule has 0 bridgehead atoms. The lowest BCUT2D eigenvalue weighted by Gasteiger charge is -2.30. The monoisotopic (exact) mass is 366 g/mol. The van der Waals surface area contributed by atoms with E-state index in [2.05, 4.69) is 35.8 Å². The third-order valence-corrected chi connectivity index (χ3v) is 5.18. The molecule has 2 atom stereocenters. The van der Waals surface area contributed by atoms with Gasteiger partial charge in [0.05, 0.1) is 4.83 Å². The van der Waals surface area contributed by atoms with Gasteiger partial charge in [0.1, 0.15) is 12.7 Å². The molecular weight excluding hydrogens is 352 g/mol. The number of halogens is 2. The summed E-state index contributed by atoms with van der Waals surface area (Å²) in [5.74, 6) is 1.57. The number of rotatable bonds is 2. The smallest absolute Gasteiger partial charge is 0.161 e. The summed E-state index contributed by atoms with van der Waals surface area (Å²) in [7, 11) is 0.